The number of epoxide rings is 1. The summed E-state index contributed by atoms with van der Waals surface area (Å²) in [6, 6.07) is 0. The number of hydrogen-bond acceptors (Lipinski definition) is 3. The minimum atomic E-state index is -4.93. The highest BCUT2D eigenvalue weighted by molar-refractivity contribution is 5.92. The van der Waals surface area contributed by atoms with Gasteiger partial charge in [0.1, 0.15) is 5.60 Å². The fourth-order valence-corrected chi connectivity index (χ4v) is 1.85. The van der Waals surface area contributed by atoms with Crippen LogP contribution in [0.2, 0.25) is 0 Å². The van der Waals surface area contributed by atoms with E-state index < -0.39 is 23.6 Å². The van der Waals surface area contributed by atoms with Crippen molar-refractivity contribution in [1.29, 1.82) is 0 Å². The first kappa shape index (κ1) is 15.9. The standard InChI is InChI=1S/C12H18F3NO3/c1-7(2)4-8(9(17)11(3)6-19-11)5-16-10(18)12(13,14)15/h7-8H,4-6H2,1-3H3,(H,16,18)/t8-,11-/m1/s1. The van der Waals surface area contributed by atoms with Crippen LogP contribution in [0.3, 0.4) is 0 Å². The van der Waals surface area contributed by atoms with Crippen molar-refractivity contribution in [2.75, 3.05) is 13.2 Å². The van der Waals surface area contributed by atoms with Gasteiger partial charge in [0.2, 0.25) is 0 Å². The molecular formula is C12H18F3NO3. The normalized spacial score (nSPS) is 24.2. The second-order valence-electron chi connectivity index (χ2n) is 5.42. The molecule has 1 amide bonds. The number of halogens is 3. The fourth-order valence-electron chi connectivity index (χ4n) is 1.85. The number of alkyl halides is 3. The van der Waals surface area contributed by atoms with Crippen molar-refractivity contribution < 1.29 is 27.5 Å². The molecule has 1 N–H and O–H groups in total. The Bertz CT molecular complexity index is 362. The van der Waals surface area contributed by atoms with Gasteiger partial charge in [0.25, 0.3) is 0 Å². The Hall–Kier alpha value is -1.11. The van der Waals surface area contributed by atoms with E-state index in [1.165, 1.54) is 0 Å². The van der Waals surface area contributed by atoms with Gasteiger partial charge in [-0.1, -0.05) is 13.8 Å². The van der Waals surface area contributed by atoms with E-state index in [1.807, 2.05) is 13.8 Å². The molecule has 1 aliphatic heterocycles. The second kappa shape index (κ2) is 5.48. The molecule has 0 aliphatic carbocycles. The predicted molar refractivity (Wildman–Crippen MR) is 61.4 cm³/mol. The SMILES string of the molecule is CC(C)C[C@H](CNC(=O)C(F)(F)F)C(=O)[C@@]1(C)CO1. The first-order chi connectivity index (χ1) is 8.56. The lowest BCUT2D eigenvalue weighted by atomic mass is 9.87. The Kier molecular flexibility index (Phi) is 4.60. The summed E-state index contributed by atoms with van der Waals surface area (Å²) in [4.78, 5) is 22.8. The third kappa shape index (κ3) is 4.49. The van der Waals surface area contributed by atoms with Crippen LogP contribution in [0.5, 0.6) is 0 Å². The number of nitrogens with one attached hydrogen (secondary N) is 1. The van der Waals surface area contributed by atoms with Gasteiger partial charge in [0.05, 0.1) is 6.61 Å². The van der Waals surface area contributed by atoms with Crippen LogP contribution in [-0.4, -0.2) is 36.6 Å². The van der Waals surface area contributed by atoms with E-state index in [4.69, 9.17) is 4.74 Å². The Morgan fingerprint density at radius 1 is 1.37 bits per heavy atom. The van der Waals surface area contributed by atoms with Crippen molar-refractivity contribution in [3.63, 3.8) is 0 Å². The van der Waals surface area contributed by atoms with Gasteiger partial charge in [0.15, 0.2) is 5.78 Å². The van der Waals surface area contributed by atoms with E-state index in [2.05, 4.69) is 0 Å². The zero-order valence-electron chi connectivity index (χ0n) is 11.1. The molecule has 0 saturated carbocycles. The number of Topliss-reactive ketones (excluding diaryl/α,β-unsaturated/α-hetero) is 1. The van der Waals surface area contributed by atoms with Crippen molar-refractivity contribution in [2.45, 2.75) is 39.0 Å². The number of ketones is 1. The van der Waals surface area contributed by atoms with E-state index in [0.717, 1.165) is 0 Å². The Morgan fingerprint density at radius 2 is 1.89 bits per heavy atom. The lowest BCUT2D eigenvalue weighted by Gasteiger charge is -2.20. The Labute approximate surface area is 109 Å². The van der Waals surface area contributed by atoms with Gasteiger partial charge >= 0.3 is 12.1 Å². The van der Waals surface area contributed by atoms with Crippen molar-refractivity contribution in [3.05, 3.63) is 0 Å². The molecule has 0 aromatic heterocycles. The second-order valence-corrected chi connectivity index (χ2v) is 5.42. The van der Waals surface area contributed by atoms with Crippen LogP contribution in [0, 0.1) is 11.8 Å². The molecule has 0 spiro atoms. The minimum absolute atomic E-state index is 0.138. The Balaban J connectivity index is 2.60. The van der Waals surface area contributed by atoms with E-state index in [1.54, 1.807) is 12.2 Å². The molecule has 0 aromatic carbocycles. The van der Waals surface area contributed by atoms with Crippen LogP contribution in [0.15, 0.2) is 0 Å². The highest BCUT2D eigenvalue weighted by Gasteiger charge is 2.50. The van der Waals surface area contributed by atoms with Crippen molar-refractivity contribution >= 4 is 11.7 Å². The minimum Gasteiger partial charge on any atom is -0.362 e. The lowest BCUT2D eigenvalue weighted by molar-refractivity contribution is -0.173. The molecule has 0 radical (unpaired) electrons. The first-order valence-electron chi connectivity index (χ1n) is 6.09. The molecule has 1 fully saturated rings. The van der Waals surface area contributed by atoms with E-state index in [9.17, 15) is 22.8 Å². The van der Waals surface area contributed by atoms with Gasteiger partial charge in [-0.05, 0) is 19.3 Å². The van der Waals surface area contributed by atoms with Gasteiger partial charge < -0.3 is 10.1 Å². The maximum atomic E-state index is 12.1. The molecule has 1 rings (SSSR count). The van der Waals surface area contributed by atoms with E-state index >= 15 is 0 Å². The molecule has 2 atom stereocenters. The maximum Gasteiger partial charge on any atom is 0.471 e. The fraction of sp³-hybridized carbons (Fsp3) is 0.833. The third-order valence-electron chi connectivity index (χ3n) is 2.99. The van der Waals surface area contributed by atoms with Gasteiger partial charge in [-0.25, -0.2) is 0 Å². The largest absolute Gasteiger partial charge is 0.471 e. The van der Waals surface area contributed by atoms with E-state index in [-0.39, 0.29) is 24.9 Å². The summed E-state index contributed by atoms with van der Waals surface area (Å²) in [5.74, 6) is -2.78. The summed E-state index contributed by atoms with van der Waals surface area (Å²) in [7, 11) is 0. The van der Waals surface area contributed by atoms with Crippen LogP contribution < -0.4 is 5.32 Å². The van der Waals surface area contributed by atoms with Crippen molar-refractivity contribution in [1.82, 2.24) is 5.32 Å². The maximum absolute atomic E-state index is 12.1. The van der Waals surface area contributed by atoms with Crippen LogP contribution >= 0.6 is 0 Å². The topological polar surface area (TPSA) is 58.7 Å². The summed E-state index contributed by atoms with van der Waals surface area (Å²) in [5, 5.41) is 1.77. The molecule has 0 unspecified atom stereocenters. The average molecular weight is 281 g/mol. The monoisotopic (exact) mass is 281 g/mol. The zero-order chi connectivity index (χ0) is 14.8. The molecule has 7 heteroatoms. The third-order valence-corrected chi connectivity index (χ3v) is 2.99. The summed E-state index contributed by atoms with van der Waals surface area (Å²) >= 11 is 0. The van der Waals surface area contributed by atoms with E-state index in [0.29, 0.717) is 6.42 Å². The summed E-state index contributed by atoms with van der Waals surface area (Å²) < 4.78 is 41.3. The zero-order valence-corrected chi connectivity index (χ0v) is 11.1. The highest BCUT2D eigenvalue weighted by Crippen LogP contribution is 2.32. The highest BCUT2D eigenvalue weighted by atomic mass is 19.4. The molecule has 19 heavy (non-hydrogen) atoms. The average Bonchev–Trinajstić information content (AvgIpc) is 3.00. The first-order valence-corrected chi connectivity index (χ1v) is 6.09. The number of ether oxygens (including phenoxy) is 1. The molecule has 0 bridgehead atoms. The summed E-state index contributed by atoms with van der Waals surface area (Å²) in [6.07, 6.45) is -4.51. The van der Waals surface area contributed by atoms with Gasteiger partial charge in [-0.15, -0.1) is 0 Å². The smallest absolute Gasteiger partial charge is 0.362 e. The predicted octanol–water partition coefficient (Wildman–Crippen LogP) is 1.69. The van der Waals surface area contributed by atoms with Crippen LogP contribution in [0.4, 0.5) is 13.2 Å². The molecule has 1 saturated heterocycles. The van der Waals surface area contributed by atoms with Crippen LogP contribution in [0.1, 0.15) is 27.2 Å². The molecule has 110 valence electrons. The quantitative estimate of drug-likeness (QED) is 0.754. The molecular weight excluding hydrogens is 263 g/mol. The van der Waals surface area contributed by atoms with Gasteiger partial charge in [0, 0.05) is 12.5 Å². The summed E-state index contributed by atoms with van der Waals surface area (Å²) in [6.45, 7) is 5.31. The number of hydrogen-bond donors (Lipinski definition) is 1. The van der Waals surface area contributed by atoms with Crippen molar-refractivity contribution in [3.8, 4) is 0 Å². The molecule has 0 aromatic rings. The number of rotatable bonds is 6. The molecule has 1 aliphatic rings. The van der Waals surface area contributed by atoms with Crippen LogP contribution in [0.25, 0.3) is 0 Å². The Morgan fingerprint density at radius 3 is 2.26 bits per heavy atom. The lowest BCUT2D eigenvalue weighted by Crippen LogP contribution is -2.43. The molecule has 4 nitrogen and oxygen atoms in total. The van der Waals surface area contributed by atoms with Gasteiger partial charge in [-0.2, -0.15) is 13.2 Å². The molecule has 1 heterocycles. The number of carbonyl (C=O) groups excluding carboxylic acids is 2. The van der Waals surface area contributed by atoms with Gasteiger partial charge in [-0.3, -0.25) is 9.59 Å². The number of amides is 1. The van der Waals surface area contributed by atoms with Crippen LogP contribution in [-0.2, 0) is 14.3 Å². The number of carbonyl (C=O) groups is 2. The summed E-state index contributed by atoms with van der Waals surface area (Å²) in [5.41, 5.74) is -0.886. The van der Waals surface area contributed by atoms with Crippen molar-refractivity contribution in [2.24, 2.45) is 11.8 Å².